The number of ether oxygens (including phenoxy) is 1. The number of rotatable bonds is 5. The zero-order valence-corrected chi connectivity index (χ0v) is 14.6. The number of imidazole rings is 1. The average molecular weight is 362 g/mol. The van der Waals surface area contributed by atoms with Gasteiger partial charge in [0.1, 0.15) is 5.75 Å². The summed E-state index contributed by atoms with van der Waals surface area (Å²) in [5, 5.41) is 3.14. The monoisotopic (exact) mass is 362 g/mol. The highest BCUT2D eigenvalue weighted by Gasteiger charge is 2.07. The largest absolute Gasteiger partial charge is 0.497 e. The second kappa shape index (κ2) is 6.83. The topological polar surface area (TPSA) is 122 Å². The lowest BCUT2D eigenvalue weighted by atomic mass is 10.1. The molecule has 0 saturated heterocycles. The number of nitrogen functional groups attached to an aromatic ring is 1. The minimum absolute atomic E-state index is 0.239. The summed E-state index contributed by atoms with van der Waals surface area (Å²) < 4.78 is 5.22. The third-order valence-corrected chi connectivity index (χ3v) is 4.13. The highest BCUT2D eigenvalue weighted by Crippen LogP contribution is 2.22. The maximum atomic E-state index is 12.1. The number of hydrogen-bond donors (Lipinski definition) is 4. The zero-order chi connectivity index (χ0) is 18.8. The minimum Gasteiger partial charge on any atom is -0.497 e. The molecule has 0 fully saturated rings. The van der Waals surface area contributed by atoms with E-state index < -0.39 is 0 Å². The van der Waals surface area contributed by atoms with Gasteiger partial charge in [-0.05, 0) is 29.8 Å². The quantitative estimate of drug-likeness (QED) is 0.433. The minimum atomic E-state index is -0.239. The molecule has 0 amide bonds. The van der Waals surface area contributed by atoms with E-state index in [1.54, 1.807) is 7.11 Å². The van der Waals surface area contributed by atoms with Crippen molar-refractivity contribution in [1.82, 2.24) is 19.9 Å². The summed E-state index contributed by atoms with van der Waals surface area (Å²) in [6.45, 7) is 0.500. The summed E-state index contributed by atoms with van der Waals surface area (Å²) in [5.41, 5.74) is 9.36. The fourth-order valence-electron chi connectivity index (χ4n) is 2.85. The van der Waals surface area contributed by atoms with Crippen molar-refractivity contribution in [3.05, 3.63) is 64.4 Å². The summed E-state index contributed by atoms with van der Waals surface area (Å²) in [6.07, 6.45) is 0. The van der Waals surface area contributed by atoms with Gasteiger partial charge in [-0.15, -0.1) is 0 Å². The van der Waals surface area contributed by atoms with Crippen molar-refractivity contribution >= 4 is 22.9 Å². The highest BCUT2D eigenvalue weighted by molar-refractivity contribution is 5.82. The first-order valence-electron chi connectivity index (χ1n) is 8.34. The molecule has 2 aromatic carbocycles. The van der Waals surface area contributed by atoms with Crippen LogP contribution in [0.25, 0.3) is 22.3 Å². The van der Waals surface area contributed by atoms with Gasteiger partial charge in [-0.2, -0.15) is 0 Å². The lowest BCUT2D eigenvalue weighted by Crippen LogP contribution is -2.12. The van der Waals surface area contributed by atoms with Gasteiger partial charge in [0.15, 0.2) is 5.95 Å². The number of methoxy groups -OCH3 is 1. The van der Waals surface area contributed by atoms with Gasteiger partial charge in [0, 0.05) is 18.2 Å². The molecule has 0 spiro atoms. The van der Waals surface area contributed by atoms with Crippen molar-refractivity contribution in [1.29, 1.82) is 0 Å². The van der Waals surface area contributed by atoms with Crippen LogP contribution in [0, 0.1) is 0 Å². The molecular formula is C19H18N6O2. The number of nitrogens with one attached hydrogen (secondary N) is 3. The van der Waals surface area contributed by atoms with Crippen molar-refractivity contribution in [3.8, 4) is 17.0 Å². The van der Waals surface area contributed by atoms with Crippen molar-refractivity contribution in [2.75, 3.05) is 18.2 Å². The van der Waals surface area contributed by atoms with Crippen molar-refractivity contribution in [3.63, 3.8) is 0 Å². The molecule has 0 aliphatic rings. The van der Waals surface area contributed by atoms with Crippen LogP contribution in [0.2, 0.25) is 0 Å². The molecule has 5 N–H and O–H groups in total. The number of aromatic nitrogens is 4. The van der Waals surface area contributed by atoms with E-state index >= 15 is 0 Å². The van der Waals surface area contributed by atoms with Gasteiger partial charge in [-0.1, -0.05) is 18.2 Å². The van der Waals surface area contributed by atoms with Crippen molar-refractivity contribution in [2.24, 2.45) is 0 Å². The Balaban J connectivity index is 1.61. The van der Waals surface area contributed by atoms with Crippen LogP contribution in [0.1, 0.15) is 5.56 Å². The first-order chi connectivity index (χ1) is 13.1. The van der Waals surface area contributed by atoms with Gasteiger partial charge < -0.3 is 20.8 Å². The normalized spacial score (nSPS) is 10.9. The first kappa shape index (κ1) is 16.6. The Morgan fingerprint density at radius 1 is 1.11 bits per heavy atom. The molecule has 4 rings (SSSR count). The molecular weight excluding hydrogens is 344 g/mol. The predicted octanol–water partition coefficient (Wildman–Crippen LogP) is 2.52. The average Bonchev–Trinajstić information content (AvgIpc) is 3.05. The molecule has 8 heteroatoms. The molecule has 2 aromatic heterocycles. The summed E-state index contributed by atoms with van der Waals surface area (Å²) in [7, 11) is 1.62. The van der Waals surface area contributed by atoms with Crippen LogP contribution in [-0.2, 0) is 6.54 Å². The Labute approximate surface area is 154 Å². The molecule has 8 nitrogen and oxygen atoms in total. The second-order valence-corrected chi connectivity index (χ2v) is 6.04. The highest BCUT2D eigenvalue weighted by atomic mass is 16.5. The standard InChI is InChI=1S/C19H18N6O2/c1-27-13-4-2-3-11(7-13)10-21-19-24-15(9-17(26)25-19)12-5-6-14-16(8-12)23-18(20)22-14/h2-9H,10H2,1H3,(H3,20,22,23)(H2,21,24,25,26). The maximum absolute atomic E-state index is 12.1. The summed E-state index contributed by atoms with van der Waals surface area (Å²) >= 11 is 0. The molecule has 0 aliphatic carbocycles. The van der Waals surface area contributed by atoms with Crippen LogP contribution in [0.3, 0.4) is 0 Å². The fraction of sp³-hybridized carbons (Fsp3) is 0.105. The van der Waals surface area contributed by atoms with Crippen molar-refractivity contribution in [2.45, 2.75) is 6.54 Å². The lowest BCUT2D eigenvalue weighted by Gasteiger charge is -2.08. The van der Waals surface area contributed by atoms with Gasteiger partial charge >= 0.3 is 0 Å². The molecule has 0 aliphatic heterocycles. The molecule has 2 heterocycles. The summed E-state index contributed by atoms with van der Waals surface area (Å²) in [6, 6.07) is 14.7. The number of benzene rings is 2. The molecule has 0 atom stereocenters. The molecule has 0 radical (unpaired) electrons. The molecule has 4 aromatic rings. The summed E-state index contributed by atoms with van der Waals surface area (Å²) in [4.78, 5) is 26.4. The lowest BCUT2D eigenvalue weighted by molar-refractivity contribution is 0.414. The Hall–Kier alpha value is -3.81. The molecule has 0 saturated carbocycles. The zero-order valence-electron chi connectivity index (χ0n) is 14.6. The maximum Gasteiger partial charge on any atom is 0.252 e. The van der Waals surface area contributed by atoms with Gasteiger partial charge in [-0.25, -0.2) is 9.97 Å². The molecule has 0 bridgehead atoms. The van der Waals surface area contributed by atoms with E-state index in [1.807, 2.05) is 42.5 Å². The summed E-state index contributed by atoms with van der Waals surface area (Å²) in [5.74, 6) is 1.52. The van der Waals surface area contributed by atoms with E-state index in [4.69, 9.17) is 10.5 Å². The number of anilines is 2. The van der Waals surface area contributed by atoms with Gasteiger partial charge in [0.25, 0.3) is 5.56 Å². The van der Waals surface area contributed by atoms with Gasteiger partial charge in [-0.3, -0.25) is 9.78 Å². The van der Waals surface area contributed by atoms with Crippen LogP contribution >= 0.6 is 0 Å². The van der Waals surface area contributed by atoms with E-state index in [9.17, 15) is 4.79 Å². The molecule has 0 unspecified atom stereocenters. The van der Waals surface area contributed by atoms with E-state index in [0.29, 0.717) is 24.1 Å². The Morgan fingerprint density at radius 3 is 2.85 bits per heavy atom. The first-order valence-corrected chi connectivity index (χ1v) is 8.34. The van der Waals surface area contributed by atoms with Gasteiger partial charge in [0.05, 0.1) is 23.8 Å². The smallest absolute Gasteiger partial charge is 0.252 e. The van der Waals surface area contributed by atoms with E-state index in [0.717, 1.165) is 27.9 Å². The molecule has 136 valence electrons. The predicted molar refractivity (Wildman–Crippen MR) is 105 cm³/mol. The number of hydrogen-bond acceptors (Lipinski definition) is 6. The van der Waals surface area contributed by atoms with Crippen molar-refractivity contribution < 1.29 is 4.74 Å². The van der Waals surface area contributed by atoms with Crippen LogP contribution in [0.15, 0.2) is 53.3 Å². The van der Waals surface area contributed by atoms with Crippen LogP contribution < -0.4 is 21.3 Å². The number of aromatic amines is 2. The Morgan fingerprint density at radius 2 is 2.00 bits per heavy atom. The van der Waals surface area contributed by atoms with E-state index in [1.165, 1.54) is 6.07 Å². The van der Waals surface area contributed by atoms with E-state index in [2.05, 4.69) is 25.3 Å². The fourth-order valence-corrected chi connectivity index (χ4v) is 2.85. The molecule has 27 heavy (non-hydrogen) atoms. The van der Waals surface area contributed by atoms with Crippen LogP contribution in [-0.4, -0.2) is 27.0 Å². The Bertz CT molecular complexity index is 1160. The van der Waals surface area contributed by atoms with Gasteiger partial charge in [0.2, 0.25) is 5.95 Å². The third-order valence-electron chi connectivity index (χ3n) is 4.13. The number of nitrogens with two attached hydrogens (primary N) is 1. The van der Waals surface area contributed by atoms with E-state index in [-0.39, 0.29) is 5.56 Å². The van der Waals surface area contributed by atoms with Crippen LogP contribution in [0.5, 0.6) is 5.75 Å². The number of fused-ring (bicyclic) bond motifs is 1. The number of H-pyrrole nitrogens is 2. The second-order valence-electron chi connectivity index (χ2n) is 6.04. The third kappa shape index (κ3) is 3.59. The number of nitrogens with zero attached hydrogens (tertiary/aromatic N) is 2. The SMILES string of the molecule is COc1cccc(CNc2nc(-c3ccc4nc(N)[nH]c4c3)cc(=O)[nH]2)c1. The van der Waals surface area contributed by atoms with Crippen LogP contribution in [0.4, 0.5) is 11.9 Å². The Kier molecular flexibility index (Phi) is 4.21.